The lowest BCUT2D eigenvalue weighted by molar-refractivity contribution is -0.0406. The maximum Gasteiger partial charge on any atom is 0.356 e. The first-order valence-electron chi connectivity index (χ1n) is 5.87. The lowest BCUT2D eigenvalue weighted by Crippen LogP contribution is -2.23. The molecule has 1 saturated carbocycles. The van der Waals surface area contributed by atoms with Gasteiger partial charge in [0.2, 0.25) is 0 Å². The van der Waals surface area contributed by atoms with E-state index in [2.05, 4.69) is 11.9 Å². The molecule has 0 spiro atoms. The van der Waals surface area contributed by atoms with Gasteiger partial charge >= 0.3 is 5.97 Å². The van der Waals surface area contributed by atoms with Crippen molar-refractivity contribution in [1.82, 2.24) is 4.98 Å². The molecule has 1 aromatic rings. The van der Waals surface area contributed by atoms with E-state index >= 15 is 0 Å². The normalized spacial score (nSPS) is 26.7. The Morgan fingerprint density at radius 3 is 3.00 bits per heavy atom. The Kier molecular flexibility index (Phi) is 2.23. The molecule has 1 fully saturated rings. The number of fused-ring (bicyclic) bond motifs is 1. The summed E-state index contributed by atoms with van der Waals surface area (Å²) in [5, 5.41) is 0. The highest BCUT2D eigenvalue weighted by Gasteiger charge is 2.48. The first-order chi connectivity index (χ1) is 8.15. The Bertz CT molecular complexity index is 482. The molecule has 2 aliphatic rings. The number of carbonyl (C=O) groups excluding carboxylic acids is 1. The highest BCUT2D eigenvalue weighted by atomic mass is 16.5. The van der Waals surface area contributed by atoms with Crippen LogP contribution in [0.4, 0.5) is 0 Å². The van der Waals surface area contributed by atoms with Crippen LogP contribution in [0.15, 0.2) is 12.3 Å². The van der Waals surface area contributed by atoms with Crippen molar-refractivity contribution in [2.75, 3.05) is 7.11 Å². The van der Waals surface area contributed by atoms with Crippen molar-refractivity contribution in [3.63, 3.8) is 0 Å². The summed E-state index contributed by atoms with van der Waals surface area (Å²) >= 11 is 0. The van der Waals surface area contributed by atoms with E-state index in [0.29, 0.717) is 18.2 Å². The molecule has 1 aromatic heterocycles. The van der Waals surface area contributed by atoms with Gasteiger partial charge in [0.15, 0.2) is 0 Å². The number of methoxy groups -OCH3 is 1. The second-order valence-electron chi connectivity index (χ2n) is 4.89. The van der Waals surface area contributed by atoms with Crippen molar-refractivity contribution in [3.8, 4) is 0 Å². The number of esters is 1. The van der Waals surface area contributed by atoms with Crippen LogP contribution in [-0.2, 0) is 21.7 Å². The molecule has 0 saturated heterocycles. The van der Waals surface area contributed by atoms with Crippen LogP contribution in [0.3, 0.4) is 0 Å². The van der Waals surface area contributed by atoms with E-state index in [4.69, 9.17) is 9.47 Å². The van der Waals surface area contributed by atoms with Crippen molar-refractivity contribution in [1.29, 1.82) is 0 Å². The van der Waals surface area contributed by atoms with Crippen LogP contribution in [-0.4, -0.2) is 18.1 Å². The fourth-order valence-electron chi connectivity index (χ4n) is 2.55. The molecule has 1 aliphatic heterocycles. The zero-order valence-electron chi connectivity index (χ0n) is 10.0. The highest BCUT2D eigenvalue weighted by Crippen LogP contribution is 2.52. The summed E-state index contributed by atoms with van der Waals surface area (Å²) < 4.78 is 10.6. The van der Waals surface area contributed by atoms with Crippen molar-refractivity contribution in [3.05, 3.63) is 29.1 Å². The van der Waals surface area contributed by atoms with Crippen LogP contribution in [0.5, 0.6) is 0 Å². The molecular weight excluding hydrogens is 218 g/mol. The van der Waals surface area contributed by atoms with Crippen molar-refractivity contribution in [2.45, 2.75) is 32.0 Å². The van der Waals surface area contributed by atoms with Gasteiger partial charge in [-0.1, -0.05) is 0 Å². The fourth-order valence-corrected chi connectivity index (χ4v) is 2.55. The first-order valence-corrected chi connectivity index (χ1v) is 5.87. The minimum atomic E-state index is -0.391. The summed E-state index contributed by atoms with van der Waals surface area (Å²) in [4.78, 5) is 15.6. The molecule has 17 heavy (non-hydrogen) atoms. The molecular formula is C13H15NO3. The van der Waals surface area contributed by atoms with Gasteiger partial charge in [0.25, 0.3) is 0 Å². The SMILES string of the molecule is COC(=O)c1cc2c(cn1)COC2(C)C1CC1. The maximum atomic E-state index is 11.5. The van der Waals surface area contributed by atoms with Crippen LogP contribution in [0.2, 0.25) is 0 Å². The number of ether oxygens (including phenoxy) is 2. The molecule has 0 aromatic carbocycles. The van der Waals surface area contributed by atoms with Crippen LogP contribution in [0.25, 0.3) is 0 Å². The summed E-state index contributed by atoms with van der Waals surface area (Å²) in [6, 6.07) is 1.83. The third-order valence-corrected chi connectivity index (χ3v) is 3.80. The third kappa shape index (κ3) is 1.55. The van der Waals surface area contributed by atoms with Crippen LogP contribution in [0, 0.1) is 5.92 Å². The van der Waals surface area contributed by atoms with Gasteiger partial charge in [-0.05, 0) is 37.3 Å². The summed E-state index contributed by atoms with van der Waals surface area (Å²) in [7, 11) is 1.37. The number of carbonyl (C=O) groups is 1. The monoisotopic (exact) mass is 233 g/mol. The third-order valence-electron chi connectivity index (χ3n) is 3.80. The lowest BCUT2D eigenvalue weighted by atomic mass is 9.90. The molecule has 4 nitrogen and oxygen atoms in total. The van der Waals surface area contributed by atoms with Crippen molar-refractivity contribution >= 4 is 5.97 Å². The Hall–Kier alpha value is -1.42. The Balaban J connectivity index is 2.04. The smallest absolute Gasteiger partial charge is 0.356 e. The summed E-state index contributed by atoms with van der Waals surface area (Å²) in [6.45, 7) is 2.70. The summed E-state index contributed by atoms with van der Waals surface area (Å²) in [5.74, 6) is 0.189. The van der Waals surface area contributed by atoms with E-state index in [1.807, 2.05) is 6.07 Å². The summed E-state index contributed by atoms with van der Waals surface area (Å²) in [5.41, 5.74) is 2.33. The van der Waals surface area contributed by atoms with Gasteiger partial charge in [-0.2, -0.15) is 0 Å². The van der Waals surface area contributed by atoms with E-state index in [0.717, 1.165) is 11.1 Å². The first kappa shape index (κ1) is 10.7. The highest BCUT2D eigenvalue weighted by molar-refractivity contribution is 5.87. The van der Waals surface area contributed by atoms with Gasteiger partial charge in [0.05, 0.1) is 19.3 Å². The molecule has 4 heteroatoms. The van der Waals surface area contributed by atoms with Gasteiger partial charge in [-0.25, -0.2) is 9.78 Å². The minimum Gasteiger partial charge on any atom is -0.464 e. The predicted octanol–water partition coefficient (Wildman–Crippen LogP) is 2.02. The Morgan fingerprint density at radius 2 is 2.35 bits per heavy atom. The number of nitrogens with zero attached hydrogens (tertiary/aromatic N) is 1. The molecule has 3 rings (SSSR count). The van der Waals surface area contributed by atoms with Gasteiger partial charge in [0.1, 0.15) is 5.69 Å². The standard InChI is InChI=1S/C13H15NO3/c1-13(9-3-4-9)10-5-11(12(15)16-2)14-6-8(10)7-17-13/h5-6,9H,3-4,7H2,1-2H3. The number of hydrogen-bond acceptors (Lipinski definition) is 4. The van der Waals surface area contributed by atoms with Crippen molar-refractivity contribution < 1.29 is 14.3 Å². The van der Waals surface area contributed by atoms with E-state index in [1.54, 1.807) is 6.20 Å². The van der Waals surface area contributed by atoms with Gasteiger partial charge in [-0.3, -0.25) is 0 Å². The minimum absolute atomic E-state index is 0.235. The average Bonchev–Trinajstić information content (AvgIpc) is 3.15. The van der Waals surface area contributed by atoms with Gasteiger partial charge in [0, 0.05) is 11.8 Å². The predicted molar refractivity (Wildman–Crippen MR) is 60.4 cm³/mol. The molecule has 0 N–H and O–H groups in total. The second-order valence-corrected chi connectivity index (χ2v) is 4.89. The zero-order valence-corrected chi connectivity index (χ0v) is 10.0. The molecule has 1 unspecified atom stereocenters. The molecule has 90 valence electrons. The fraction of sp³-hybridized carbons (Fsp3) is 0.538. The summed E-state index contributed by atoms with van der Waals surface area (Å²) in [6.07, 6.45) is 4.13. The van der Waals surface area contributed by atoms with Gasteiger partial charge < -0.3 is 9.47 Å². The lowest BCUT2D eigenvalue weighted by Gasteiger charge is -2.24. The van der Waals surface area contributed by atoms with E-state index in [1.165, 1.54) is 20.0 Å². The van der Waals surface area contributed by atoms with E-state index in [-0.39, 0.29) is 5.60 Å². The topological polar surface area (TPSA) is 48.4 Å². The molecule has 0 radical (unpaired) electrons. The Labute approximate surface area is 99.9 Å². The maximum absolute atomic E-state index is 11.5. The quantitative estimate of drug-likeness (QED) is 0.733. The molecule has 2 heterocycles. The second kappa shape index (κ2) is 3.53. The van der Waals surface area contributed by atoms with E-state index < -0.39 is 5.97 Å². The molecule has 0 amide bonds. The van der Waals surface area contributed by atoms with E-state index in [9.17, 15) is 4.79 Å². The Morgan fingerprint density at radius 1 is 1.59 bits per heavy atom. The van der Waals surface area contributed by atoms with Crippen LogP contribution in [0.1, 0.15) is 41.4 Å². The molecule has 1 atom stereocenters. The number of rotatable bonds is 2. The van der Waals surface area contributed by atoms with Crippen LogP contribution >= 0.6 is 0 Å². The van der Waals surface area contributed by atoms with Crippen LogP contribution < -0.4 is 0 Å². The van der Waals surface area contributed by atoms with Crippen molar-refractivity contribution in [2.24, 2.45) is 5.92 Å². The molecule has 0 bridgehead atoms. The number of pyridine rings is 1. The number of aromatic nitrogens is 1. The largest absolute Gasteiger partial charge is 0.464 e. The zero-order chi connectivity index (χ0) is 12.0. The molecule has 1 aliphatic carbocycles. The van der Waals surface area contributed by atoms with Gasteiger partial charge in [-0.15, -0.1) is 0 Å². The number of hydrogen-bond donors (Lipinski definition) is 0. The average molecular weight is 233 g/mol.